The van der Waals surface area contributed by atoms with Crippen LogP contribution in [0.3, 0.4) is 0 Å². The maximum Gasteiger partial charge on any atom is 0.336 e. The summed E-state index contributed by atoms with van der Waals surface area (Å²) >= 11 is 0. The molecule has 4 nitrogen and oxygen atoms in total. The Kier molecular flexibility index (Phi) is 7.92. The monoisotopic (exact) mass is 412 g/mol. The Morgan fingerprint density at radius 3 is 2.69 bits per heavy atom. The fourth-order valence-corrected chi connectivity index (χ4v) is 5.02. The van der Waals surface area contributed by atoms with Crippen LogP contribution >= 0.6 is 27.7 Å². The quantitative estimate of drug-likeness (QED) is 0.353. The average molecular weight is 412 g/mol. The highest BCUT2D eigenvalue weighted by Crippen LogP contribution is 2.45. The van der Waals surface area contributed by atoms with Crippen molar-refractivity contribution in [2.75, 3.05) is 0 Å². The standard InChI is InChI=1S/C18H28BO4P3/c20-18-10-15-14(17(22-19(24)25)11-16(15)21-18)9-8-13(23-26)7-6-12-4-2-1-3-5-12/h1-5,13-17H,6-11,24-26H2. The third-order valence-electron chi connectivity index (χ3n) is 5.60. The number of ether oxygens (including phenoxy) is 1. The Morgan fingerprint density at radius 2 is 2.00 bits per heavy atom. The first kappa shape index (κ1) is 20.7. The topological polar surface area (TPSA) is 44.8 Å². The highest BCUT2D eigenvalue weighted by Gasteiger charge is 2.50. The Labute approximate surface area is 163 Å². The van der Waals surface area contributed by atoms with Crippen molar-refractivity contribution >= 4 is 40.0 Å². The number of fused-ring (bicyclic) bond motifs is 1. The van der Waals surface area contributed by atoms with Gasteiger partial charge in [0.15, 0.2) is 0 Å². The van der Waals surface area contributed by atoms with Crippen molar-refractivity contribution in [3.8, 4) is 0 Å². The average Bonchev–Trinajstić information content (AvgIpc) is 3.11. The lowest BCUT2D eigenvalue weighted by Crippen LogP contribution is -2.27. The van der Waals surface area contributed by atoms with Gasteiger partial charge in [-0.2, -0.15) is 0 Å². The van der Waals surface area contributed by atoms with E-state index in [2.05, 4.69) is 52.0 Å². The van der Waals surface area contributed by atoms with Crippen molar-refractivity contribution in [3.63, 3.8) is 0 Å². The van der Waals surface area contributed by atoms with E-state index in [1.165, 1.54) is 5.56 Å². The number of aryl methyl sites for hydroxylation is 1. The van der Waals surface area contributed by atoms with Gasteiger partial charge in [0, 0.05) is 27.9 Å². The molecule has 2 aliphatic rings. The van der Waals surface area contributed by atoms with E-state index in [0.29, 0.717) is 18.3 Å². The van der Waals surface area contributed by atoms with Crippen LogP contribution in [-0.4, -0.2) is 30.6 Å². The van der Waals surface area contributed by atoms with Gasteiger partial charge in [0.05, 0.1) is 12.5 Å². The molecule has 1 saturated heterocycles. The zero-order valence-electron chi connectivity index (χ0n) is 15.0. The lowest BCUT2D eigenvalue weighted by Gasteiger charge is -2.26. The summed E-state index contributed by atoms with van der Waals surface area (Å²) < 4.78 is 17.2. The second-order valence-corrected chi connectivity index (χ2v) is 9.65. The van der Waals surface area contributed by atoms with E-state index in [9.17, 15) is 4.79 Å². The Balaban J connectivity index is 1.54. The fraction of sp³-hybridized carbons (Fsp3) is 0.611. The van der Waals surface area contributed by atoms with Gasteiger partial charge in [-0.3, -0.25) is 4.79 Å². The molecular weight excluding hydrogens is 384 g/mol. The number of esters is 1. The summed E-state index contributed by atoms with van der Waals surface area (Å²) in [6, 6.07) is 10.5. The van der Waals surface area contributed by atoms with Gasteiger partial charge in [0.2, 0.25) is 0 Å². The molecule has 8 heteroatoms. The minimum Gasteiger partial charge on any atom is -0.462 e. The number of carbonyl (C=O) groups excluding carboxylic acids is 1. The first-order chi connectivity index (χ1) is 12.6. The smallest absolute Gasteiger partial charge is 0.336 e. The molecule has 1 aliphatic heterocycles. The van der Waals surface area contributed by atoms with Crippen LogP contribution in [0.2, 0.25) is 0 Å². The van der Waals surface area contributed by atoms with Crippen molar-refractivity contribution in [2.45, 2.75) is 56.8 Å². The molecule has 26 heavy (non-hydrogen) atoms. The van der Waals surface area contributed by atoms with Gasteiger partial charge in [0.25, 0.3) is 0 Å². The van der Waals surface area contributed by atoms with E-state index >= 15 is 0 Å². The first-order valence-corrected chi connectivity index (χ1v) is 11.1. The molecule has 1 heterocycles. The van der Waals surface area contributed by atoms with Gasteiger partial charge in [-0.1, -0.05) is 30.3 Å². The van der Waals surface area contributed by atoms with Gasteiger partial charge in [-0.15, -0.1) is 18.2 Å². The number of benzene rings is 1. The SMILES string of the molecule is O=C1CC2C(CC(OB(P)P)C2CCC(CCc2ccccc2)OP)O1. The van der Waals surface area contributed by atoms with E-state index in [1.54, 1.807) is 0 Å². The molecule has 142 valence electrons. The summed E-state index contributed by atoms with van der Waals surface area (Å²) in [6.07, 6.45) is 5.73. The third kappa shape index (κ3) is 5.49. The second-order valence-electron chi connectivity index (χ2n) is 7.29. The van der Waals surface area contributed by atoms with Crippen molar-refractivity contribution in [1.82, 2.24) is 0 Å². The maximum absolute atomic E-state index is 11.7. The number of carbonyl (C=O) groups is 1. The molecule has 8 unspecified atom stereocenters. The highest BCUT2D eigenvalue weighted by molar-refractivity contribution is 7.92. The normalized spacial score (nSPS) is 28.7. The molecule has 1 saturated carbocycles. The summed E-state index contributed by atoms with van der Waals surface area (Å²) in [5, 5.41) is 0. The summed E-state index contributed by atoms with van der Waals surface area (Å²) in [7, 11) is 7.76. The van der Waals surface area contributed by atoms with Crippen LogP contribution in [0.5, 0.6) is 0 Å². The molecule has 8 atom stereocenters. The lowest BCUT2D eigenvalue weighted by molar-refractivity contribution is -0.141. The van der Waals surface area contributed by atoms with Crippen molar-refractivity contribution in [2.24, 2.45) is 11.8 Å². The zero-order chi connectivity index (χ0) is 18.5. The van der Waals surface area contributed by atoms with Crippen LogP contribution in [0.4, 0.5) is 0 Å². The molecule has 1 aromatic carbocycles. The minimum absolute atomic E-state index is 0.0314. The number of hydrogen-bond donors (Lipinski definition) is 0. The minimum atomic E-state index is -0.0559. The number of rotatable bonds is 9. The Bertz CT molecular complexity index is 589. The van der Waals surface area contributed by atoms with Gasteiger partial charge in [0.1, 0.15) is 6.10 Å². The predicted octanol–water partition coefficient (Wildman–Crippen LogP) is 3.65. The van der Waals surface area contributed by atoms with Crippen LogP contribution in [-0.2, 0) is 25.1 Å². The van der Waals surface area contributed by atoms with E-state index in [4.69, 9.17) is 13.9 Å². The molecule has 2 fully saturated rings. The summed E-state index contributed by atoms with van der Waals surface area (Å²) in [6.45, 7) is 0. The van der Waals surface area contributed by atoms with Crippen molar-refractivity contribution in [1.29, 1.82) is 0 Å². The van der Waals surface area contributed by atoms with Gasteiger partial charge >= 0.3 is 12.3 Å². The largest absolute Gasteiger partial charge is 0.462 e. The van der Waals surface area contributed by atoms with E-state index in [-0.39, 0.29) is 30.6 Å². The van der Waals surface area contributed by atoms with E-state index in [1.807, 2.05) is 6.07 Å². The van der Waals surface area contributed by atoms with Gasteiger partial charge in [-0.05, 0) is 37.2 Å². The van der Waals surface area contributed by atoms with Crippen LogP contribution in [0, 0.1) is 11.8 Å². The summed E-state index contributed by atoms with van der Waals surface area (Å²) in [4.78, 5) is 11.7. The van der Waals surface area contributed by atoms with Crippen LogP contribution in [0.15, 0.2) is 30.3 Å². The molecule has 0 amide bonds. The third-order valence-corrected chi connectivity index (χ3v) is 6.30. The summed E-state index contributed by atoms with van der Waals surface area (Å²) in [5.41, 5.74) is 1.34. The molecule has 0 aromatic heterocycles. The van der Waals surface area contributed by atoms with E-state index in [0.717, 1.165) is 32.1 Å². The van der Waals surface area contributed by atoms with Crippen LogP contribution in [0.25, 0.3) is 0 Å². The van der Waals surface area contributed by atoms with Crippen LogP contribution < -0.4 is 0 Å². The molecule has 1 aromatic rings. The zero-order valence-corrected chi connectivity index (χ0v) is 18.4. The molecule has 0 bridgehead atoms. The molecule has 0 N–H and O–H groups in total. The summed E-state index contributed by atoms with van der Waals surface area (Å²) in [5.74, 6) is 0.592. The van der Waals surface area contributed by atoms with Gasteiger partial charge < -0.3 is 13.9 Å². The fourth-order valence-electron chi connectivity index (χ4n) is 4.35. The lowest BCUT2D eigenvalue weighted by atomic mass is 9.86. The molecule has 3 rings (SSSR count). The molecule has 1 aliphatic carbocycles. The van der Waals surface area contributed by atoms with Gasteiger partial charge in [-0.25, -0.2) is 0 Å². The molecule has 0 spiro atoms. The second kappa shape index (κ2) is 9.95. The van der Waals surface area contributed by atoms with Crippen molar-refractivity contribution < 1.29 is 18.7 Å². The predicted molar refractivity (Wildman–Crippen MR) is 115 cm³/mol. The molecule has 0 radical (unpaired) electrons. The van der Waals surface area contributed by atoms with Crippen LogP contribution in [0.1, 0.15) is 37.7 Å². The molecular formula is C18H28BO4P3. The maximum atomic E-state index is 11.7. The number of hydrogen-bond acceptors (Lipinski definition) is 4. The van der Waals surface area contributed by atoms with E-state index < -0.39 is 0 Å². The first-order valence-electron chi connectivity index (χ1n) is 9.32. The highest BCUT2D eigenvalue weighted by atomic mass is 31.1. The van der Waals surface area contributed by atoms with Crippen molar-refractivity contribution in [3.05, 3.63) is 35.9 Å². The Hall–Kier alpha value is -0.0351. The Morgan fingerprint density at radius 1 is 1.23 bits per heavy atom.